The molecule has 3 nitrogen and oxygen atoms in total. The van der Waals surface area contributed by atoms with Gasteiger partial charge in [0, 0.05) is 0 Å². The van der Waals surface area contributed by atoms with Crippen LogP contribution in [-0.2, 0) is 11.2 Å². The molecule has 17 heavy (non-hydrogen) atoms. The summed E-state index contributed by atoms with van der Waals surface area (Å²) in [4.78, 5) is 10.5. The predicted molar refractivity (Wildman–Crippen MR) is 63.0 cm³/mol. The molecule has 0 aliphatic heterocycles. The summed E-state index contributed by atoms with van der Waals surface area (Å²) >= 11 is 0. The lowest BCUT2D eigenvalue weighted by atomic mass is 9.84. The van der Waals surface area contributed by atoms with Gasteiger partial charge in [0.25, 0.3) is 0 Å². The molecule has 0 heterocycles. The Kier molecular flexibility index (Phi) is 2.18. The molecular formula is C14H15O3. The van der Waals surface area contributed by atoms with Crippen LogP contribution < -0.4 is 4.74 Å². The van der Waals surface area contributed by atoms with Crippen molar-refractivity contribution in [2.75, 3.05) is 6.61 Å². The molecule has 1 fully saturated rings. The summed E-state index contributed by atoms with van der Waals surface area (Å²) in [5, 5.41) is 8.65. The number of fused-ring (bicyclic) bond motifs is 3. The zero-order valence-electron chi connectivity index (χ0n) is 9.61. The highest BCUT2D eigenvalue weighted by molar-refractivity contribution is 5.68. The zero-order chi connectivity index (χ0) is 12.0. The van der Waals surface area contributed by atoms with E-state index in [1.165, 1.54) is 11.1 Å². The maximum absolute atomic E-state index is 10.5. The third kappa shape index (κ3) is 1.70. The smallest absolute Gasteiger partial charge is 0.341 e. The van der Waals surface area contributed by atoms with Crippen molar-refractivity contribution in [1.82, 2.24) is 0 Å². The molecule has 2 aliphatic rings. The van der Waals surface area contributed by atoms with Gasteiger partial charge in [-0.3, -0.25) is 0 Å². The Morgan fingerprint density at radius 1 is 1.59 bits per heavy atom. The summed E-state index contributed by atoms with van der Waals surface area (Å²) in [5.74, 6) is 0.356. The lowest BCUT2D eigenvalue weighted by molar-refractivity contribution is -0.139. The van der Waals surface area contributed by atoms with E-state index < -0.39 is 5.97 Å². The Labute approximate surface area is 100 Å². The molecule has 0 bridgehead atoms. The number of carboxylic acids is 1. The van der Waals surface area contributed by atoms with E-state index in [9.17, 15) is 4.79 Å². The molecule has 3 heteroatoms. The van der Waals surface area contributed by atoms with Crippen LogP contribution in [-0.4, -0.2) is 17.7 Å². The molecule has 1 aromatic rings. The molecule has 0 aromatic heterocycles. The number of rotatable bonds is 3. The first-order chi connectivity index (χ1) is 8.10. The van der Waals surface area contributed by atoms with Gasteiger partial charge in [-0.1, -0.05) is 12.1 Å². The SMILES string of the molecule is [CH2]C12CCc3c(OCC(=O)O)cccc3C1C2. The standard InChI is InChI=1S/C14H15O3/c1-14-6-5-10-9(11(14)7-14)3-2-4-12(10)17-8-13(15)16/h2-4,11H,1,5-8H2,(H,15,16). The molecule has 1 saturated carbocycles. The second kappa shape index (κ2) is 3.49. The lowest BCUT2D eigenvalue weighted by Gasteiger charge is -2.22. The minimum atomic E-state index is -0.934. The van der Waals surface area contributed by atoms with Gasteiger partial charge in [0.05, 0.1) is 0 Å². The van der Waals surface area contributed by atoms with Crippen LogP contribution in [0.5, 0.6) is 5.75 Å². The van der Waals surface area contributed by atoms with Gasteiger partial charge < -0.3 is 9.84 Å². The van der Waals surface area contributed by atoms with Crippen molar-refractivity contribution in [3.8, 4) is 5.75 Å². The number of ether oxygens (including phenoxy) is 1. The molecule has 2 aliphatic carbocycles. The Bertz CT molecular complexity index is 480. The Hall–Kier alpha value is -1.51. The van der Waals surface area contributed by atoms with E-state index in [-0.39, 0.29) is 12.0 Å². The number of benzene rings is 1. The fourth-order valence-electron chi connectivity index (χ4n) is 2.89. The van der Waals surface area contributed by atoms with Crippen LogP contribution in [0.3, 0.4) is 0 Å². The van der Waals surface area contributed by atoms with Crippen LogP contribution >= 0.6 is 0 Å². The van der Waals surface area contributed by atoms with E-state index in [0.29, 0.717) is 5.92 Å². The summed E-state index contributed by atoms with van der Waals surface area (Å²) < 4.78 is 5.35. The van der Waals surface area contributed by atoms with Crippen molar-refractivity contribution in [3.63, 3.8) is 0 Å². The number of hydrogen-bond acceptors (Lipinski definition) is 2. The highest BCUT2D eigenvalue weighted by Gasteiger charge is 2.53. The average molecular weight is 231 g/mol. The molecule has 0 saturated heterocycles. The van der Waals surface area contributed by atoms with Crippen molar-refractivity contribution in [3.05, 3.63) is 36.2 Å². The molecule has 3 rings (SSSR count). The van der Waals surface area contributed by atoms with E-state index in [1.54, 1.807) is 0 Å². The van der Waals surface area contributed by atoms with Gasteiger partial charge in [0.15, 0.2) is 6.61 Å². The Morgan fingerprint density at radius 3 is 3.18 bits per heavy atom. The van der Waals surface area contributed by atoms with Gasteiger partial charge in [-0.05, 0) is 54.7 Å². The quantitative estimate of drug-likeness (QED) is 0.868. The second-order valence-corrected chi connectivity index (χ2v) is 5.13. The molecule has 2 atom stereocenters. The van der Waals surface area contributed by atoms with Crippen LogP contribution in [0.15, 0.2) is 18.2 Å². The molecule has 0 amide bonds. The molecule has 0 spiro atoms. The van der Waals surface area contributed by atoms with Crippen LogP contribution in [0.1, 0.15) is 29.9 Å². The topological polar surface area (TPSA) is 46.5 Å². The van der Waals surface area contributed by atoms with E-state index in [0.717, 1.165) is 25.0 Å². The van der Waals surface area contributed by atoms with Gasteiger partial charge in [-0.25, -0.2) is 4.79 Å². The van der Waals surface area contributed by atoms with Gasteiger partial charge in [0.2, 0.25) is 0 Å². The number of aliphatic carboxylic acids is 1. The van der Waals surface area contributed by atoms with E-state index >= 15 is 0 Å². The second-order valence-electron chi connectivity index (χ2n) is 5.13. The average Bonchev–Trinajstić information content (AvgIpc) is 2.99. The van der Waals surface area contributed by atoms with Crippen molar-refractivity contribution in [2.24, 2.45) is 5.41 Å². The van der Waals surface area contributed by atoms with Crippen molar-refractivity contribution >= 4 is 5.97 Å². The molecule has 1 radical (unpaired) electrons. The largest absolute Gasteiger partial charge is 0.482 e. The van der Waals surface area contributed by atoms with E-state index in [1.807, 2.05) is 12.1 Å². The molecule has 89 valence electrons. The minimum absolute atomic E-state index is 0.248. The van der Waals surface area contributed by atoms with Crippen LogP contribution in [0.2, 0.25) is 0 Å². The summed E-state index contributed by atoms with van der Waals surface area (Å²) in [5.41, 5.74) is 2.75. The maximum atomic E-state index is 10.5. The van der Waals surface area contributed by atoms with Crippen LogP contribution in [0.4, 0.5) is 0 Å². The number of hydrogen-bond donors (Lipinski definition) is 1. The first-order valence-electron chi connectivity index (χ1n) is 5.92. The fourth-order valence-corrected chi connectivity index (χ4v) is 2.89. The van der Waals surface area contributed by atoms with Crippen molar-refractivity contribution in [2.45, 2.75) is 25.2 Å². The molecule has 1 N–H and O–H groups in total. The van der Waals surface area contributed by atoms with Crippen molar-refractivity contribution < 1.29 is 14.6 Å². The van der Waals surface area contributed by atoms with Crippen LogP contribution in [0.25, 0.3) is 0 Å². The predicted octanol–water partition coefficient (Wildman–Crippen LogP) is 2.40. The minimum Gasteiger partial charge on any atom is -0.482 e. The molecular weight excluding hydrogens is 216 g/mol. The van der Waals surface area contributed by atoms with Gasteiger partial charge >= 0.3 is 5.97 Å². The summed E-state index contributed by atoms with van der Waals surface area (Å²) in [7, 11) is 0. The van der Waals surface area contributed by atoms with Crippen LogP contribution in [0, 0.1) is 12.3 Å². The maximum Gasteiger partial charge on any atom is 0.341 e. The fraction of sp³-hybridized carbons (Fsp3) is 0.429. The number of carbonyl (C=O) groups is 1. The monoisotopic (exact) mass is 231 g/mol. The highest BCUT2D eigenvalue weighted by Crippen LogP contribution is 2.65. The highest BCUT2D eigenvalue weighted by atomic mass is 16.5. The normalized spacial score (nSPS) is 29.1. The Balaban J connectivity index is 1.89. The molecule has 1 aromatic carbocycles. The first kappa shape index (κ1) is 10.6. The first-order valence-corrected chi connectivity index (χ1v) is 5.92. The zero-order valence-corrected chi connectivity index (χ0v) is 9.61. The van der Waals surface area contributed by atoms with Gasteiger partial charge in [-0.2, -0.15) is 0 Å². The summed E-state index contributed by atoms with van der Waals surface area (Å²) in [6, 6.07) is 5.93. The van der Waals surface area contributed by atoms with E-state index in [2.05, 4.69) is 13.0 Å². The summed E-state index contributed by atoms with van der Waals surface area (Å²) in [6.45, 7) is 4.00. The van der Waals surface area contributed by atoms with Gasteiger partial charge in [0.1, 0.15) is 5.75 Å². The van der Waals surface area contributed by atoms with Gasteiger partial charge in [-0.15, -0.1) is 0 Å². The number of carboxylic acid groups (broad SMARTS) is 1. The summed E-state index contributed by atoms with van der Waals surface area (Å²) in [6.07, 6.45) is 3.19. The third-order valence-electron chi connectivity index (χ3n) is 3.96. The third-order valence-corrected chi connectivity index (χ3v) is 3.96. The lowest BCUT2D eigenvalue weighted by Crippen LogP contribution is -2.14. The molecule has 2 unspecified atom stereocenters. The van der Waals surface area contributed by atoms with E-state index in [4.69, 9.17) is 9.84 Å². The Morgan fingerprint density at radius 2 is 2.41 bits per heavy atom. The van der Waals surface area contributed by atoms with Crippen molar-refractivity contribution in [1.29, 1.82) is 0 Å².